The zero-order valence-corrected chi connectivity index (χ0v) is 23.6. The number of hydrogen-bond acceptors (Lipinski definition) is 11. The Kier molecular flexibility index (Phi) is 8.17. The Morgan fingerprint density at radius 2 is 2.10 bits per heavy atom. The maximum Gasteiger partial charge on any atom is 0.242 e. The first kappa shape index (κ1) is 27.8. The summed E-state index contributed by atoms with van der Waals surface area (Å²) >= 11 is 0. The van der Waals surface area contributed by atoms with Crippen LogP contribution in [0.5, 0.6) is 0 Å². The molecule has 5 rings (SSSR count). The molecule has 0 bridgehead atoms. The molecule has 2 atom stereocenters. The summed E-state index contributed by atoms with van der Waals surface area (Å²) in [6, 6.07) is 1.77. The summed E-state index contributed by atoms with van der Waals surface area (Å²) in [4.78, 5) is 29.5. The number of methoxy groups -OCH3 is 1. The number of rotatable bonds is 9. The number of ether oxygens (including phenoxy) is 2. The molecule has 2 fully saturated rings. The zero-order valence-electron chi connectivity index (χ0n) is 23.6. The number of aryl methyl sites for hydroxylation is 1. The molecule has 0 saturated carbocycles. The number of carbonyl (C=O) groups excluding carboxylic acids is 1. The van der Waals surface area contributed by atoms with Gasteiger partial charge >= 0.3 is 0 Å². The van der Waals surface area contributed by atoms with Crippen LogP contribution in [0.25, 0.3) is 0 Å². The highest BCUT2D eigenvalue weighted by Gasteiger charge is 2.43. The van der Waals surface area contributed by atoms with Crippen molar-refractivity contribution in [3.8, 4) is 0 Å². The summed E-state index contributed by atoms with van der Waals surface area (Å²) < 4.78 is 10.5. The van der Waals surface area contributed by atoms with Gasteiger partial charge in [-0.25, -0.2) is 15.0 Å². The number of aromatic nitrogens is 3. The average molecular weight is 550 g/mol. The highest BCUT2D eigenvalue weighted by Crippen LogP contribution is 2.41. The predicted octanol–water partition coefficient (Wildman–Crippen LogP) is 2.66. The largest absolute Gasteiger partial charge is 0.480 e. The van der Waals surface area contributed by atoms with E-state index >= 15 is 0 Å². The molecule has 12 heteroatoms. The second-order valence-corrected chi connectivity index (χ2v) is 10.8. The molecule has 0 radical (unpaired) electrons. The van der Waals surface area contributed by atoms with Gasteiger partial charge in [-0.3, -0.25) is 15.1 Å². The highest BCUT2D eigenvalue weighted by molar-refractivity contribution is 5.97. The summed E-state index contributed by atoms with van der Waals surface area (Å²) in [5.41, 5.74) is 4.38. The van der Waals surface area contributed by atoms with Crippen molar-refractivity contribution in [2.45, 2.75) is 45.1 Å². The van der Waals surface area contributed by atoms with E-state index in [4.69, 9.17) is 19.9 Å². The van der Waals surface area contributed by atoms with E-state index in [-0.39, 0.29) is 23.8 Å². The van der Waals surface area contributed by atoms with Gasteiger partial charge in [0.15, 0.2) is 5.82 Å². The molecule has 0 aromatic carbocycles. The number of amides is 1. The van der Waals surface area contributed by atoms with Gasteiger partial charge in [0.05, 0.1) is 37.7 Å². The number of nitrogens with one attached hydrogen (secondary N) is 5. The van der Waals surface area contributed by atoms with Crippen molar-refractivity contribution < 1.29 is 14.3 Å². The first-order valence-electron chi connectivity index (χ1n) is 13.8. The van der Waals surface area contributed by atoms with E-state index in [9.17, 15) is 4.79 Å². The Hall–Kier alpha value is -3.77. The molecule has 5 N–H and O–H groups in total. The summed E-state index contributed by atoms with van der Waals surface area (Å²) in [5.74, 6) is 0.792. The lowest BCUT2D eigenvalue weighted by Gasteiger charge is -2.48. The first-order chi connectivity index (χ1) is 19.4. The minimum absolute atomic E-state index is 0.0244. The van der Waals surface area contributed by atoms with Crippen LogP contribution in [-0.2, 0) is 14.3 Å². The second-order valence-electron chi connectivity index (χ2n) is 10.8. The number of fused-ring (bicyclic) bond motifs is 1. The molecule has 1 spiro atoms. The zero-order chi connectivity index (χ0) is 28.3. The molecular weight excluding hydrogens is 510 g/mol. The molecule has 40 heavy (non-hydrogen) atoms. The van der Waals surface area contributed by atoms with Crippen LogP contribution in [0.1, 0.15) is 48.9 Å². The Balaban J connectivity index is 1.32. The van der Waals surface area contributed by atoms with Gasteiger partial charge in [0.25, 0.3) is 0 Å². The van der Waals surface area contributed by atoms with Crippen LogP contribution in [0, 0.1) is 17.7 Å². The Morgan fingerprint density at radius 1 is 1.32 bits per heavy atom. The van der Waals surface area contributed by atoms with Gasteiger partial charge in [0, 0.05) is 43.5 Å². The fourth-order valence-corrected chi connectivity index (χ4v) is 5.81. The van der Waals surface area contributed by atoms with E-state index < -0.39 is 0 Å². The summed E-state index contributed by atoms with van der Waals surface area (Å²) in [7, 11) is 3.18. The van der Waals surface area contributed by atoms with Gasteiger partial charge in [0.1, 0.15) is 5.70 Å². The van der Waals surface area contributed by atoms with E-state index in [2.05, 4.69) is 43.1 Å². The summed E-state index contributed by atoms with van der Waals surface area (Å²) in [6.07, 6.45) is 8.01. The SMILES string of the molecule is CCC(C(=O)Nc1nccc2c1NCC2c1nc(N/C(=C/NC)C(=N)OC)ncc1C)N1CCC2(CC1)COC2. The Bertz CT molecular complexity index is 1280. The minimum atomic E-state index is -0.198. The third-order valence-electron chi connectivity index (χ3n) is 8.21. The van der Waals surface area contributed by atoms with Crippen molar-refractivity contribution in [3.05, 3.63) is 47.2 Å². The smallest absolute Gasteiger partial charge is 0.242 e. The van der Waals surface area contributed by atoms with E-state index in [1.54, 1.807) is 25.6 Å². The lowest BCUT2D eigenvalue weighted by Crippen LogP contribution is -2.55. The Labute approximate surface area is 234 Å². The predicted molar refractivity (Wildman–Crippen MR) is 154 cm³/mol. The van der Waals surface area contributed by atoms with Gasteiger partial charge < -0.3 is 30.7 Å². The number of carbonyl (C=O) groups is 1. The van der Waals surface area contributed by atoms with Gasteiger partial charge in [-0.15, -0.1) is 0 Å². The number of anilines is 3. The van der Waals surface area contributed by atoms with Crippen LogP contribution < -0.4 is 21.3 Å². The summed E-state index contributed by atoms with van der Waals surface area (Å²) in [5, 5.41) is 20.6. The average Bonchev–Trinajstić information content (AvgIpc) is 3.38. The maximum atomic E-state index is 13.5. The molecular formula is C28H39N9O3. The number of hydrogen-bond donors (Lipinski definition) is 5. The van der Waals surface area contributed by atoms with Crippen molar-refractivity contribution in [1.29, 1.82) is 5.41 Å². The minimum Gasteiger partial charge on any atom is -0.480 e. The van der Waals surface area contributed by atoms with E-state index in [0.717, 1.165) is 68.1 Å². The van der Waals surface area contributed by atoms with Crippen molar-refractivity contribution in [2.24, 2.45) is 5.41 Å². The summed E-state index contributed by atoms with van der Waals surface area (Å²) in [6.45, 7) is 8.18. The van der Waals surface area contributed by atoms with Crippen LogP contribution in [-0.4, -0.2) is 84.7 Å². The molecule has 2 unspecified atom stereocenters. The molecule has 0 aliphatic carbocycles. The second kappa shape index (κ2) is 11.8. The normalized spacial score (nSPS) is 20.6. The van der Waals surface area contributed by atoms with Crippen molar-refractivity contribution in [3.63, 3.8) is 0 Å². The van der Waals surface area contributed by atoms with E-state index in [1.165, 1.54) is 7.11 Å². The fourth-order valence-electron chi connectivity index (χ4n) is 5.81. The van der Waals surface area contributed by atoms with E-state index in [0.29, 0.717) is 29.4 Å². The third kappa shape index (κ3) is 5.46. The van der Waals surface area contributed by atoms with Crippen LogP contribution >= 0.6 is 0 Å². The molecule has 1 amide bonds. The van der Waals surface area contributed by atoms with Gasteiger partial charge in [-0.05, 0) is 56.5 Å². The number of pyridine rings is 1. The molecule has 2 aromatic heterocycles. The fraction of sp³-hybridized carbons (Fsp3) is 0.536. The molecule has 3 aliphatic rings. The quantitative estimate of drug-likeness (QED) is 0.233. The molecule has 5 heterocycles. The first-order valence-corrected chi connectivity index (χ1v) is 13.8. The Morgan fingerprint density at radius 3 is 2.75 bits per heavy atom. The van der Waals surface area contributed by atoms with Gasteiger partial charge in [0.2, 0.25) is 17.8 Å². The van der Waals surface area contributed by atoms with Gasteiger partial charge in [-0.2, -0.15) is 0 Å². The molecule has 2 saturated heterocycles. The van der Waals surface area contributed by atoms with Crippen molar-refractivity contribution in [1.82, 2.24) is 25.2 Å². The number of piperidine rings is 1. The van der Waals surface area contributed by atoms with Crippen LogP contribution in [0.2, 0.25) is 0 Å². The number of nitrogens with zero attached hydrogens (tertiary/aromatic N) is 4. The van der Waals surface area contributed by atoms with Crippen LogP contribution in [0.3, 0.4) is 0 Å². The third-order valence-corrected chi connectivity index (χ3v) is 8.21. The van der Waals surface area contributed by atoms with Crippen LogP contribution in [0.4, 0.5) is 17.5 Å². The van der Waals surface area contributed by atoms with Crippen molar-refractivity contribution >= 4 is 29.3 Å². The molecule has 2 aromatic rings. The standard InChI is InChI=1S/C28H39N9O3/c1-5-21(37-10-7-28(8-11-37)15-40-16-28)26(38)36-25-23-18(6-9-31-25)19(13-32-23)22-17(2)12-33-27(35-22)34-20(14-30-3)24(29)39-4/h6,9,12,14,19,21,29-30,32H,5,7-8,10-11,13,15-16H2,1-4H3,(H,31,36,38)(H,33,34,35)/b20-14+,29-24?. The monoisotopic (exact) mass is 549 g/mol. The maximum absolute atomic E-state index is 13.5. The van der Waals surface area contributed by atoms with Crippen molar-refractivity contribution in [2.75, 3.05) is 63.0 Å². The molecule has 214 valence electrons. The van der Waals surface area contributed by atoms with Crippen LogP contribution in [0.15, 0.2) is 30.4 Å². The van der Waals surface area contributed by atoms with E-state index in [1.807, 2.05) is 13.0 Å². The topological polar surface area (TPSA) is 149 Å². The number of likely N-dealkylation sites (tertiary alicyclic amines) is 1. The lowest BCUT2D eigenvalue weighted by molar-refractivity contribution is -0.146. The molecule has 12 nitrogen and oxygen atoms in total. The molecule has 3 aliphatic heterocycles. The lowest BCUT2D eigenvalue weighted by atomic mass is 9.76. The van der Waals surface area contributed by atoms with Gasteiger partial charge in [-0.1, -0.05) is 6.92 Å². The highest BCUT2D eigenvalue weighted by atomic mass is 16.5.